The van der Waals surface area contributed by atoms with Gasteiger partial charge in [-0.05, 0) is 44.0 Å². The van der Waals surface area contributed by atoms with Crippen molar-refractivity contribution in [2.75, 3.05) is 4.31 Å². The number of carbonyl (C=O) groups excluding carboxylic acids is 1. The van der Waals surface area contributed by atoms with Gasteiger partial charge in [0.1, 0.15) is 11.8 Å². The summed E-state index contributed by atoms with van der Waals surface area (Å²) in [5, 5.41) is 12.1. The molecule has 2 aromatic rings. The number of nitrogens with zero attached hydrogens (tertiary/aromatic N) is 2. The lowest BCUT2D eigenvalue weighted by molar-refractivity contribution is -0.531. The molecular formula is C21H22N2O5S. The van der Waals surface area contributed by atoms with Crippen LogP contribution in [0.2, 0.25) is 0 Å². The molecule has 0 spiro atoms. The first-order valence-electron chi connectivity index (χ1n) is 9.68. The molecule has 7 nitrogen and oxygen atoms in total. The summed E-state index contributed by atoms with van der Waals surface area (Å²) in [6, 6.07) is 10.6. The summed E-state index contributed by atoms with van der Waals surface area (Å²) >= 11 is 0. The van der Waals surface area contributed by atoms with Gasteiger partial charge in [-0.1, -0.05) is 36.2 Å². The van der Waals surface area contributed by atoms with Crippen LogP contribution in [0.25, 0.3) is 0 Å². The quantitative estimate of drug-likeness (QED) is 0.562. The van der Waals surface area contributed by atoms with Crippen molar-refractivity contribution in [2.45, 2.75) is 49.6 Å². The number of aryl methyl sites for hydroxylation is 1. The number of Topliss-reactive ketones (excluding diaryl/α,β-unsaturated/α-hetero) is 1. The first-order valence-corrected chi connectivity index (χ1v) is 11.1. The van der Waals surface area contributed by atoms with Crippen molar-refractivity contribution in [2.24, 2.45) is 5.92 Å². The summed E-state index contributed by atoms with van der Waals surface area (Å²) in [5.41, 5.74) is 1.54. The second kappa shape index (κ2) is 7.26. The molecule has 1 heterocycles. The largest absolute Gasteiger partial charge is 0.299 e. The molecule has 4 rings (SSSR count). The molecule has 2 aromatic carbocycles. The maximum atomic E-state index is 13.6. The third kappa shape index (κ3) is 3.21. The number of para-hydroxylation sites is 1. The van der Waals surface area contributed by atoms with E-state index in [0.717, 1.165) is 22.7 Å². The minimum absolute atomic E-state index is 0.0650. The standard InChI is InChI=1S/C21H22N2O5S/c1-14-10-12-15(13-11-14)29(27,28)22-18-8-4-2-6-16(18)21(23(25)26)20(22)17-7-3-5-9-19(17)24/h2,4,6,8,10-13,17,20-21H,3,5,7,9H2,1H3/t17-,20-,21+/m1/s1. The molecule has 1 aliphatic carbocycles. The number of carbonyl (C=O) groups is 1. The summed E-state index contributed by atoms with van der Waals surface area (Å²) < 4.78 is 28.4. The SMILES string of the molecule is Cc1ccc(S(=O)(=O)N2c3ccccc3[C@H]([N+](=O)[O-])[C@H]2[C@@H]2CCCCC2=O)cc1. The van der Waals surface area contributed by atoms with E-state index in [-0.39, 0.29) is 16.4 Å². The van der Waals surface area contributed by atoms with Gasteiger partial charge in [0.25, 0.3) is 16.1 Å². The number of fused-ring (bicyclic) bond motifs is 1. The Morgan fingerprint density at radius 2 is 1.76 bits per heavy atom. The number of nitro groups is 1. The first-order chi connectivity index (χ1) is 13.8. The molecular weight excluding hydrogens is 392 g/mol. The lowest BCUT2D eigenvalue weighted by Crippen LogP contribution is -2.48. The first kappa shape index (κ1) is 19.6. The van der Waals surface area contributed by atoms with E-state index in [1.807, 2.05) is 6.92 Å². The molecule has 152 valence electrons. The maximum Gasteiger partial charge on any atom is 0.264 e. The molecule has 0 N–H and O–H groups in total. The van der Waals surface area contributed by atoms with Gasteiger partial charge < -0.3 is 0 Å². The van der Waals surface area contributed by atoms with Crippen LogP contribution in [0.5, 0.6) is 0 Å². The molecule has 2 aliphatic rings. The molecule has 0 bridgehead atoms. The summed E-state index contributed by atoms with van der Waals surface area (Å²) in [6.45, 7) is 1.85. The number of anilines is 1. The average Bonchev–Trinajstić information content (AvgIpc) is 3.04. The van der Waals surface area contributed by atoms with Crippen molar-refractivity contribution < 1.29 is 18.1 Å². The Morgan fingerprint density at radius 3 is 2.41 bits per heavy atom. The van der Waals surface area contributed by atoms with Gasteiger partial charge in [-0.15, -0.1) is 0 Å². The zero-order chi connectivity index (χ0) is 20.8. The summed E-state index contributed by atoms with van der Waals surface area (Å²) in [7, 11) is -4.08. The zero-order valence-corrected chi connectivity index (χ0v) is 16.8. The van der Waals surface area contributed by atoms with Crippen LogP contribution in [0.3, 0.4) is 0 Å². The van der Waals surface area contributed by atoms with Crippen molar-refractivity contribution in [3.63, 3.8) is 0 Å². The van der Waals surface area contributed by atoms with Gasteiger partial charge in [0.05, 0.1) is 16.1 Å². The maximum absolute atomic E-state index is 13.6. The molecule has 0 aromatic heterocycles. The van der Waals surface area contributed by atoms with E-state index < -0.39 is 32.9 Å². The second-order valence-corrected chi connectivity index (χ2v) is 9.53. The van der Waals surface area contributed by atoms with E-state index in [0.29, 0.717) is 18.4 Å². The number of ketones is 1. The van der Waals surface area contributed by atoms with Gasteiger partial charge in [-0.25, -0.2) is 8.42 Å². The molecule has 1 saturated carbocycles. The van der Waals surface area contributed by atoms with Crippen LogP contribution < -0.4 is 4.31 Å². The third-order valence-electron chi connectivity index (χ3n) is 5.91. The third-order valence-corrected chi connectivity index (χ3v) is 7.73. The van der Waals surface area contributed by atoms with Crippen LogP contribution in [-0.2, 0) is 14.8 Å². The highest BCUT2D eigenvalue weighted by molar-refractivity contribution is 7.92. The van der Waals surface area contributed by atoms with Crippen LogP contribution >= 0.6 is 0 Å². The van der Waals surface area contributed by atoms with Crippen LogP contribution in [0.15, 0.2) is 53.4 Å². The molecule has 3 atom stereocenters. The van der Waals surface area contributed by atoms with Gasteiger partial charge in [-0.2, -0.15) is 0 Å². The topological polar surface area (TPSA) is 97.6 Å². The molecule has 8 heteroatoms. The number of hydrogen-bond donors (Lipinski definition) is 0. The van der Waals surface area contributed by atoms with E-state index in [1.165, 1.54) is 12.1 Å². The highest BCUT2D eigenvalue weighted by Gasteiger charge is 2.55. The Kier molecular flexibility index (Phi) is 4.90. The Balaban J connectivity index is 1.91. The van der Waals surface area contributed by atoms with E-state index in [1.54, 1.807) is 36.4 Å². The van der Waals surface area contributed by atoms with E-state index >= 15 is 0 Å². The minimum Gasteiger partial charge on any atom is -0.299 e. The summed E-state index contributed by atoms with van der Waals surface area (Å²) in [6.07, 6.45) is 2.29. The highest BCUT2D eigenvalue weighted by Crippen LogP contribution is 2.48. The van der Waals surface area contributed by atoms with Crippen molar-refractivity contribution in [3.05, 3.63) is 69.8 Å². The number of benzene rings is 2. The molecule has 29 heavy (non-hydrogen) atoms. The highest BCUT2D eigenvalue weighted by atomic mass is 32.2. The predicted molar refractivity (Wildman–Crippen MR) is 108 cm³/mol. The number of hydrogen-bond acceptors (Lipinski definition) is 5. The van der Waals surface area contributed by atoms with Crippen LogP contribution in [0, 0.1) is 23.0 Å². The van der Waals surface area contributed by atoms with Gasteiger partial charge >= 0.3 is 0 Å². The Bertz CT molecular complexity index is 1060. The van der Waals surface area contributed by atoms with Gasteiger partial charge in [-0.3, -0.25) is 19.2 Å². The summed E-state index contributed by atoms with van der Waals surface area (Å²) in [5.74, 6) is -0.781. The van der Waals surface area contributed by atoms with Crippen molar-refractivity contribution in [3.8, 4) is 0 Å². The number of rotatable bonds is 4. The summed E-state index contributed by atoms with van der Waals surface area (Å²) in [4.78, 5) is 24.4. The average molecular weight is 414 g/mol. The van der Waals surface area contributed by atoms with Crippen molar-refractivity contribution >= 4 is 21.5 Å². The van der Waals surface area contributed by atoms with E-state index in [4.69, 9.17) is 0 Å². The number of sulfonamides is 1. The Hall–Kier alpha value is -2.74. The zero-order valence-electron chi connectivity index (χ0n) is 16.0. The predicted octanol–water partition coefficient (Wildman–Crippen LogP) is 3.65. The fourth-order valence-corrected chi connectivity index (χ4v) is 6.23. The van der Waals surface area contributed by atoms with Crippen LogP contribution in [0.1, 0.15) is 42.9 Å². The molecule has 0 unspecified atom stereocenters. The van der Waals surface area contributed by atoms with Gasteiger partial charge in [0, 0.05) is 17.3 Å². The molecule has 0 saturated heterocycles. The van der Waals surface area contributed by atoms with E-state index in [2.05, 4.69) is 0 Å². The molecule has 1 aliphatic heterocycles. The fraction of sp³-hybridized carbons (Fsp3) is 0.381. The van der Waals surface area contributed by atoms with Gasteiger partial charge in [0.15, 0.2) is 0 Å². The second-order valence-electron chi connectivity index (χ2n) is 7.71. The van der Waals surface area contributed by atoms with Crippen LogP contribution in [-0.4, -0.2) is 25.2 Å². The van der Waals surface area contributed by atoms with Crippen LogP contribution in [0.4, 0.5) is 5.69 Å². The lowest BCUT2D eigenvalue weighted by atomic mass is 9.80. The van der Waals surface area contributed by atoms with Crippen molar-refractivity contribution in [1.82, 2.24) is 0 Å². The van der Waals surface area contributed by atoms with Crippen molar-refractivity contribution in [1.29, 1.82) is 0 Å². The minimum atomic E-state index is -4.08. The molecule has 0 amide bonds. The lowest BCUT2D eigenvalue weighted by Gasteiger charge is -2.34. The Labute approximate surface area is 169 Å². The fourth-order valence-electron chi connectivity index (χ4n) is 4.52. The molecule has 0 radical (unpaired) electrons. The Morgan fingerprint density at radius 1 is 1.07 bits per heavy atom. The smallest absolute Gasteiger partial charge is 0.264 e. The normalized spacial score (nSPS) is 24.4. The molecule has 1 fully saturated rings. The monoisotopic (exact) mass is 414 g/mol. The van der Waals surface area contributed by atoms with E-state index in [9.17, 15) is 23.3 Å². The van der Waals surface area contributed by atoms with Gasteiger partial charge in [0.2, 0.25) is 0 Å².